The first-order valence-electron chi connectivity index (χ1n) is 13.5. The smallest absolute Gasteiger partial charge is 0.137 e. The molecule has 0 bridgehead atoms. The number of aromatic nitrogens is 1. The number of rotatable bonds is 16. The monoisotopic (exact) mass is 435 g/mol. The third-order valence-corrected chi connectivity index (χ3v) is 6.99. The fourth-order valence-electron chi connectivity index (χ4n) is 4.99. The van der Waals surface area contributed by atoms with Crippen LogP contribution in [0.15, 0.2) is 36.5 Å². The Kier molecular flexibility index (Phi) is 11.1. The molecule has 1 heterocycles. The van der Waals surface area contributed by atoms with E-state index in [4.69, 9.17) is 9.72 Å². The van der Waals surface area contributed by atoms with Crippen molar-refractivity contribution in [1.82, 2.24) is 4.98 Å². The topological polar surface area (TPSA) is 22.1 Å². The van der Waals surface area contributed by atoms with Crippen molar-refractivity contribution in [1.29, 1.82) is 0 Å². The molecule has 0 saturated carbocycles. The zero-order chi connectivity index (χ0) is 22.4. The molecule has 0 fully saturated rings. The Labute approximate surface area is 197 Å². The second kappa shape index (κ2) is 14.3. The minimum absolute atomic E-state index is 0.800. The predicted octanol–water partition coefficient (Wildman–Crippen LogP) is 8.95. The summed E-state index contributed by atoms with van der Waals surface area (Å²) in [5, 5.41) is 0. The van der Waals surface area contributed by atoms with Crippen molar-refractivity contribution in [3.8, 4) is 17.0 Å². The lowest BCUT2D eigenvalue weighted by Crippen LogP contribution is -1.99. The maximum Gasteiger partial charge on any atom is 0.137 e. The van der Waals surface area contributed by atoms with E-state index < -0.39 is 0 Å². The summed E-state index contributed by atoms with van der Waals surface area (Å²) in [6, 6.07) is 11.2. The van der Waals surface area contributed by atoms with Crippen LogP contribution in [-0.4, -0.2) is 11.6 Å². The standard InChI is InChI=1S/C30H45NO/c1-3-5-7-9-10-11-12-14-20-32-29-18-19-30(31-24-29)27-17-16-26-21-25(22-28(26)23-27)15-13-8-6-4-2/h16-19,23-25H,3-15,20-22H2,1-2H3. The van der Waals surface area contributed by atoms with Gasteiger partial charge >= 0.3 is 0 Å². The van der Waals surface area contributed by atoms with E-state index in [9.17, 15) is 0 Å². The highest BCUT2D eigenvalue weighted by Crippen LogP contribution is 2.33. The van der Waals surface area contributed by atoms with Crippen LogP contribution in [0.4, 0.5) is 0 Å². The zero-order valence-corrected chi connectivity index (χ0v) is 20.7. The van der Waals surface area contributed by atoms with Gasteiger partial charge < -0.3 is 4.74 Å². The SMILES string of the molecule is CCCCCCCCCCOc1ccc(-c2ccc3c(c2)CC(CCCCCC)C3)nc1. The van der Waals surface area contributed by atoms with Crippen molar-refractivity contribution < 1.29 is 4.74 Å². The van der Waals surface area contributed by atoms with Crippen LogP contribution in [-0.2, 0) is 12.8 Å². The molecule has 2 aromatic rings. The molecule has 0 saturated heterocycles. The van der Waals surface area contributed by atoms with E-state index in [0.29, 0.717) is 0 Å². The zero-order valence-electron chi connectivity index (χ0n) is 20.7. The lowest BCUT2D eigenvalue weighted by Gasteiger charge is -2.08. The lowest BCUT2D eigenvalue weighted by molar-refractivity contribution is 0.303. The molecule has 1 aromatic heterocycles. The van der Waals surface area contributed by atoms with Crippen molar-refractivity contribution in [2.45, 2.75) is 110 Å². The van der Waals surface area contributed by atoms with Crippen molar-refractivity contribution in [2.24, 2.45) is 5.92 Å². The molecule has 1 aliphatic carbocycles. The molecule has 1 atom stereocenters. The summed E-state index contributed by atoms with van der Waals surface area (Å²) in [6.45, 7) is 5.36. The number of fused-ring (bicyclic) bond motifs is 1. The Morgan fingerprint density at radius 2 is 1.44 bits per heavy atom. The van der Waals surface area contributed by atoms with Crippen LogP contribution >= 0.6 is 0 Å². The van der Waals surface area contributed by atoms with Crippen LogP contribution in [0, 0.1) is 5.92 Å². The third-order valence-electron chi connectivity index (χ3n) is 6.99. The second-order valence-electron chi connectivity index (χ2n) is 9.81. The number of pyridine rings is 1. The quantitative estimate of drug-likeness (QED) is 0.245. The van der Waals surface area contributed by atoms with Gasteiger partial charge in [-0.2, -0.15) is 0 Å². The molecule has 1 aromatic carbocycles. The van der Waals surface area contributed by atoms with Crippen molar-refractivity contribution in [2.75, 3.05) is 6.61 Å². The Morgan fingerprint density at radius 1 is 0.750 bits per heavy atom. The molecule has 0 spiro atoms. The molecule has 0 aliphatic heterocycles. The van der Waals surface area contributed by atoms with Gasteiger partial charge in [-0.1, -0.05) is 96.6 Å². The second-order valence-corrected chi connectivity index (χ2v) is 9.81. The maximum atomic E-state index is 5.92. The van der Waals surface area contributed by atoms with Gasteiger partial charge in [-0.05, 0) is 60.9 Å². The lowest BCUT2D eigenvalue weighted by atomic mass is 9.98. The van der Waals surface area contributed by atoms with Crippen LogP contribution in [0.1, 0.15) is 108 Å². The van der Waals surface area contributed by atoms with Gasteiger partial charge in [0.05, 0.1) is 18.5 Å². The van der Waals surface area contributed by atoms with E-state index in [1.165, 1.54) is 95.5 Å². The normalized spacial score (nSPS) is 15.1. The Hall–Kier alpha value is -1.83. The summed E-state index contributed by atoms with van der Waals surface area (Å²) >= 11 is 0. The number of ether oxygens (including phenoxy) is 1. The molecule has 0 amide bonds. The molecule has 2 nitrogen and oxygen atoms in total. The Bertz CT molecular complexity index is 767. The maximum absolute atomic E-state index is 5.92. The number of benzene rings is 1. The average Bonchev–Trinajstić information content (AvgIpc) is 3.23. The summed E-state index contributed by atoms with van der Waals surface area (Å²) in [6.07, 6.45) is 21.9. The summed E-state index contributed by atoms with van der Waals surface area (Å²) < 4.78 is 5.92. The van der Waals surface area contributed by atoms with Crippen LogP contribution < -0.4 is 4.74 Å². The van der Waals surface area contributed by atoms with Crippen molar-refractivity contribution in [3.63, 3.8) is 0 Å². The van der Waals surface area contributed by atoms with Gasteiger partial charge in [0.1, 0.15) is 5.75 Å². The average molecular weight is 436 g/mol. The van der Waals surface area contributed by atoms with Crippen LogP contribution in [0.2, 0.25) is 0 Å². The van der Waals surface area contributed by atoms with E-state index in [-0.39, 0.29) is 0 Å². The molecular weight excluding hydrogens is 390 g/mol. The first kappa shape index (κ1) is 24.8. The summed E-state index contributed by atoms with van der Waals surface area (Å²) in [7, 11) is 0. The molecular formula is C30H45NO. The van der Waals surface area contributed by atoms with Crippen LogP contribution in [0.5, 0.6) is 5.75 Å². The molecule has 0 N–H and O–H groups in total. The van der Waals surface area contributed by atoms with E-state index >= 15 is 0 Å². The molecule has 176 valence electrons. The van der Waals surface area contributed by atoms with Gasteiger partial charge in [0.2, 0.25) is 0 Å². The molecule has 1 aliphatic rings. The highest BCUT2D eigenvalue weighted by atomic mass is 16.5. The van der Waals surface area contributed by atoms with Gasteiger partial charge in [-0.15, -0.1) is 0 Å². The van der Waals surface area contributed by atoms with Gasteiger partial charge in [-0.3, -0.25) is 4.98 Å². The Balaban J connectivity index is 1.38. The van der Waals surface area contributed by atoms with Gasteiger partial charge in [-0.25, -0.2) is 0 Å². The highest BCUT2D eigenvalue weighted by molar-refractivity contribution is 5.62. The fraction of sp³-hybridized carbons (Fsp3) is 0.633. The third kappa shape index (κ3) is 8.26. The summed E-state index contributed by atoms with van der Waals surface area (Å²) in [5.41, 5.74) is 5.39. The van der Waals surface area contributed by atoms with Crippen LogP contribution in [0.3, 0.4) is 0 Å². The number of hydrogen-bond donors (Lipinski definition) is 0. The van der Waals surface area contributed by atoms with Gasteiger partial charge in [0.25, 0.3) is 0 Å². The number of nitrogens with zero attached hydrogens (tertiary/aromatic N) is 1. The van der Waals surface area contributed by atoms with Gasteiger partial charge in [0, 0.05) is 5.56 Å². The molecule has 1 unspecified atom stereocenters. The molecule has 2 heteroatoms. The first-order chi connectivity index (χ1) is 15.8. The van der Waals surface area contributed by atoms with Crippen molar-refractivity contribution in [3.05, 3.63) is 47.7 Å². The molecule has 3 rings (SSSR count). The molecule has 32 heavy (non-hydrogen) atoms. The minimum atomic E-state index is 0.800. The van der Waals surface area contributed by atoms with E-state index in [1.807, 2.05) is 6.20 Å². The Morgan fingerprint density at radius 3 is 2.16 bits per heavy atom. The highest BCUT2D eigenvalue weighted by Gasteiger charge is 2.21. The number of hydrogen-bond acceptors (Lipinski definition) is 2. The van der Waals surface area contributed by atoms with Gasteiger partial charge in [0.15, 0.2) is 0 Å². The fourth-order valence-corrected chi connectivity index (χ4v) is 4.99. The van der Waals surface area contributed by atoms with Crippen LogP contribution in [0.25, 0.3) is 11.3 Å². The van der Waals surface area contributed by atoms with E-state index in [1.54, 1.807) is 11.1 Å². The number of unbranched alkanes of at least 4 members (excludes halogenated alkanes) is 10. The predicted molar refractivity (Wildman–Crippen MR) is 137 cm³/mol. The van der Waals surface area contributed by atoms with E-state index in [0.717, 1.165) is 30.4 Å². The summed E-state index contributed by atoms with van der Waals surface area (Å²) in [5.74, 6) is 1.74. The minimum Gasteiger partial charge on any atom is -0.492 e. The summed E-state index contributed by atoms with van der Waals surface area (Å²) in [4.78, 5) is 4.70. The van der Waals surface area contributed by atoms with Crippen molar-refractivity contribution >= 4 is 0 Å². The van der Waals surface area contributed by atoms with E-state index in [2.05, 4.69) is 44.2 Å². The largest absolute Gasteiger partial charge is 0.492 e. The first-order valence-corrected chi connectivity index (χ1v) is 13.5. The molecule has 0 radical (unpaired) electrons.